The number of hydrogen-bond donors (Lipinski definition) is 1. The van der Waals surface area contributed by atoms with E-state index in [1.54, 1.807) is 0 Å². The van der Waals surface area contributed by atoms with Gasteiger partial charge in [0.25, 0.3) is 5.91 Å². The maximum Gasteiger partial charge on any atom is 0.416 e. The van der Waals surface area contributed by atoms with E-state index in [-0.39, 0.29) is 12.2 Å². The quantitative estimate of drug-likeness (QED) is 0.604. The molecule has 0 aliphatic heterocycles. The predicted molar refractivity (Wildman–Crippen MR) is 83.4 cm³/mol. The van der Waals surface area contributed by atoms with Gasteiger partial charge in [-0.3, -0.25) is 4.79 Å². The molecule has 0 spiro atoms. The highest BCUT2D eigenvalue weighted by atomic mass is 19.4. The van der Waals surface area contributed by atoms with E-state index in [0.717, 1.165) is 31.0 Å². The zero-order chi connectivity index (χ0) is 18.3. The number of hydrogen-bond acceptors (Lipinski definition) is 3. The molecule has 4 nitrogen and oxygen atoms in total. The molecule has 0 saturated carbocycles. The molecule has 0 radical (unpaired) electrons. The third-order valence-electron chi connectivity index (χ3n) is 3.32. The van der Waals surface area contributed by atoms with Crippen molar-refractivity contribution in [1.29, 1.82) is 0 Å². The van der Waals surface area contributed by atoms with Gasteiger partial charge >= 0.3 is 12.1 Å². The summed E-state index contributed by atoms with van der Waals surface area (Å²) in [5, 5.41) is 2.34. The van der Waals surface area contributed by atoms with Crippen LogP contribution in [-0.2, 0) is 15.7 Å². The highest BCUT2D eigenvalue weighted by Gasteiger charge is 2.31. The van der Waals surface area contributed by atoms with Crippen LogP contribution in [0.2, 0.25) is 0 Å². The summed E-state index contributed by atoms with van der Waals surface area (Å²) in [7, 11) is 0. The number of benzene rings is 1. The van der Waals surface area contributed by atoms with E-state index in [2.05, 4.69) is 19.2 Å². The van der Waals surface area contributed by atoms with Crippen LogP contribution in [-0.4, -0.2) is 24.5 Å². The Bertz CT molecular complexity index is 570. The van der Waals surface area contributed by atoms with Gasteiger partial charge in [-0.25, -0.2) is 4.79 Å². The SMILES string of the molecule is CC(C)CCCOC(=O)C(C)NC(=O)c1cccc(C(F)(F)F)c1. The first-order valence-electron chi connectivity index (χ1n) is 7.76. The van der Waals surface area contributed by atoms with Gasteiger partial charge in [0.15, 0.2) is 0 Å². The van der Waals surface area contributed by atoms with Crippen LogP contribution in [0.15, 0.2) is 24.3 Å². The van der Waals surface area contributed by atoms with E-state index in [4.69, 9.17) is 4.74 Å². The normalized spacial score (nSPS) is 12.8. The summed E-state index contributed by atoms with van der Waals surface area (Å²) in [6.45, 7) is 5.79. The summed E-state index contributed by atoms with van der Waals surface area (Å²) in [5.41, 5.74) is -1.08. The molecule has 0 aromatic heterocycles. The van der Waals surface area contributed by atoms with Crippen LogP contribution in [0.1, 0.15) is 49.5 Å². The number of esters is 1. The van der Waals surface area contributed by atoms with E-state index < -0.39 is 29.7 Å². The minimum Gasteiger partial charge on any atom is -0.464 e. The Labute approximate surface area is 139 Å². The number of alkyl halides is 3. The molecule has 1 amide bonds. The lowest BCUT2D eigenvalue weighted by molar-refractivity contribution is -0.145. The lowest BCUT2D eigenvalue weighted by Gasteiger charge is -2.14. The average Bonchev–Trinajstić information content (AvgIpc) is 2.50. The van der Waals surface area contributed by atoms with Crippen LogP contribution in [0.5, 0.6) is 0 Å². The molecule has 0 aliphatic rings. The Morgan fingerprint density at radius 3 is 2.46 bits per heavy atom. The van der Waals surface area contributed by atoms with Crippen molar-refractivity contribution in [2.45, 2.75) is 45.8 Å². The van der Waals surface area contributed by atoms with Crippen LogP contribution < -0.4 is 5.32 Å². The number of ether oxygens (including phenoxy) is 1. The van der Waals surface area contributed by atoms with Crippen molar-refractivity contribution in [3.05, 3.63) is 35.4 Å². The number of nitrogens with one attached hydrogen (secondary N) is 1. The number of rotatable bonds is 7. The lowest BCUT2D eigenvalue weighted by atomic mass is 10.1. The summed E-state index contributed by atoms with van der Waals surface area (Å²) in [6, 6.07) is 3.09. The zero-order valence-electron chi connectivity index (χ0n) is 13.9. The molecule has 0 saturated heterocycles. The summed E-state index contributed by atoms with van der Waals surface area (Å²) in [4.78, 5) is 23.7. The standard InChI is InChI=1S/C17H22F3NO3/c1-11(2)6-5-9-24-16(23)12(3)21-15(22)13-7-4-8-14(10-13)17(18,19)20/h4,7-8,10-12H,5-6,9H2,1-3H3,(H,21,22). The van der Waals surface area contributed by atoms with Gasteiger partial charge in [-0.1, -0.05) is 19.9 Å². The monoisotopic (exact) mass is 345 g/mol. The molecule has 0 bridgehead atoms. The first-order chi connectivity index (χ1) is 11.1. The van der Waals surface area contributed by atoms with Gasteiger partial charge in [0, 0.05) is 5.56 Å². The van der Waals surface area contributed by atoms with Crippen LogP contribution in [0, 0.1) is 5.92 Å². The minimum absolute atomic E-state index is 0.163. The molecule has 7 heteroatoms. The van der Waals surface area contributed by atoms with Crippen LogP contribution in [0.4, 0.5) is 13.2 Å². The van der Waals surface area contributed by atoms with Crippen LogP contribution in [0.3, 0.4) is 0 Å². The fraction of sp³-hybridized carbons (Fsp3) is 0.529. The Morgan fingerprint density at radius 2 is 1.88 bits per heavy atom. The molecule has 1 aromatic carbocycles. The predicted octanol–water partition coefficient (Wildman–Crippen LogP) is 3.80. The van der Waals surface area contributed by atoms with Crippen molar-refractivity contribution < 1.29 is 27.5 Å². The lowest BCUT2D eigenvalue weighted by Crippen LogP contribution is -2.39. The summed E-state index contributed by atoms with van der Waals surface area (Å²) in [5.74, 6) is -0.867. The minimum atomic E-state index is -4.53. The smallest absolute Gasteiger partial charge is 0.416 e. The molecule has 134 valence electrons. The van der Waals surface area contributed by atoms with Gasteiger partial charge in [-0.2, -0.15) is 13.2 Å². The molecule has 0 heterocycles. The Hall–Kier alpha value is -2.05. The molecule has 1 aromatic rings. The van der Waals surface area contributed by atoms with Gasteiger partial charge in [-0.15, -0.1) is 0 Å². The molecule has 0 fully saturated rings. The topological polar surface area (TPSA) is 55.4 Å². The fourth-order valence-corrected chi connectivity index (χ4v) is 1.97. The summed E-state index contributed by atoms with van der Waals surface area (Å²) < 4.78 is 43.0. The maximum atomic E-state index is 12.6. The highest BCUT2D eigenvalue weighted by molar-refractivity contribution is 5.96. The Kier molecular flexibility index (Phi) is 7.25. The van der Waals surface area contributed by atoms with Crippen molar-refractivity contribution in [2.75, 3.05) is 6.61 Å². The molecular formula is C17H22F3NO3. The largest absolute Gasteiger partial charge is 0.464 e. The highest BCUT2D eigenvalue weighted by Crippen LogP contribution is 2.29. The molecule has 1 unspecified atom stereocenters. The molecule has 1 rings (SSSR count). The van der Waals surface area contributed by atoms with E-state index in [1.807, 2.05) is 0 Å². The molecule has 0 aliphatic carbocycles. The molecule has 1 N–H and O–H groups in total. The zero-order valence-corrected chi connectivity index (χ0v) is 13.9. The first kappa shape index (κ1) is 20.0. The summed E-state index contributed by atoms with van der Waals surface area (Å²) in [6.07, 6.45) is -2.90. The second-order valence-corrected chi connectivity index (χ2v) is 5.98. The van der Waals surface area contributed by atoms with Gasteiger partial charge < -0.3 is 10.1 Å². The first-order valence-corrected chi connectivity index (χ1v) is 7.76. The maximum absolute atomic E-state index is 12.6. The van der Waals surface area contributed by atoms with Crippen molar-refractivity contribution >= 4 is 11.9 Å². The number of halogens is 3. The van der Waals surface area contributed by atoms with E-state index in [9.17, 15) is 22.8 Å². The molecule has 1 atom stereocenters. The Morgan fingerprint density at radius 1 is 1.21 bits per heavy atom. The van der Waals surface area contributed by atoms with E-state index >= 15 is 0 Å². The average molecular weight is 345 g/mol. The number of carbonyl (C=O) groups is 2. The van der Waals surface area contributed by atoms with Gasteiger partial charge in [0.2, 0.25) is 0 Å². The third-order valence-corrected chi connectivity index (χ3v) is 3.32. The second-order valence-electron chi connectivity index (χ2n) is 5.98. The number of carbonyl (C=O) groups excluding carboxylic acids is 2. The summed E-state index contributed by atoms with van der Waals surface area (Å²) >= 11 is 0. The van der Waals surface area contributed by atoms with Crippen LogP contribution in [0.25, 0.3) is 0 Å². The van der Waals surface area contributed by atoms with Gasteiger partial charge in [-0.05, 0) is 43.9 Å². The van der Waals surface area contributed by atoms with Crippen molar-refractivity contribution in [3.63, 3.8) is 0 Å². The van der Waals surface area contributed by atoms with Crippen molar-refractivity contribution in [3.8, 4) is 0 Å². The molecular weight excluding hydrogens is 323 g/mol. The second kappa shape index (κ2) is 8.70. The van der Waals surface area contributed by atoms with Gasteiger partial charge in [0.05, 0.1) is 12.2 Å². The van der Waals surface area contributed by atoms with E-state index in [0.29, 0.717) is 5.92 Å². The Balaban J connectivity index is 2.56. The third kappa shape index (κ3) is 6.60. The number of amides is 1. The van der Waals surface area contributed by atoms with E-state index in [1.165, 1.54) is 13.0 Å². The fourth-order valence-electron chi connectivity index (χ4n) is 1.97. The molecule has 24 heavy (non-hydrogen) atoms. The van der Waals surface area contributed by atoms with Crippen LogP contribution >= 0.6 is 0 Å². The van der Waals surface area contributed by atoms with Gasteiger partial charge in [0.1, 0.15) is 6.04 Å². The van der Waals surface area contributed by atoms with Crippen molar-refractivity contribution in [2.24, 2.45) is 5.92 Å². The van der Waals surface area contributed by atoms with Crippen molar-refractivity contribution in [1.82, 2.24) is 5.32 Å².